The van der Waals surface area contributed by atoms with Gasteiger partial charge in [0.25, 0.3) is 0 Å². The highest BCUT2D eigenvalue weighted by molar-refractivity contribution is 7.92. The summed E-state index contributed by atoms with van der Waals surface area (Å²) in [6, 6.07) is 6.18. The molecule has 0 radical (unpaired) electrons. The molecule has 1 N–H and O–H groups in total. The highest BCUT2D eigenvalue weighted by atomic mass is 32.2. The zero-order valence-electron chi connectivity index (χ0n) is 12.8. The first kappa shape index (κ1) is 16.9. The van der Waals surface area contributed by atoms with Crippen LogP contribution in [-0.4, -0.2) is 50.4 Å². The maximum atomic E-state index is 13.7. The highest BCUT2D eigenvalue weighted by Gasteiger charge is 2.49. The van der Waals surface area contributed by atoms with Crippen molar-refractivity contribution in [2.24, 2.45) is 0 Å². The monoisotopic (exact) mass is 328 g/mol. The van der Waals surface area contributed by atoms with Gasteiger partial charge >= 0.3 is 0 Å². The van der Waals surface area contributed by atoms with Gasteiger partial charge in [-0.25, -0.2) is 12.8 Å². The van der Waals surface area contributed by atoms with Crippen LogP contribution in [0.15, 0.2) is 24.3 Å². The van der Waals surface area contributed by atoms with Gasteiger partial charge in [-0.05, 0) is 32.0 Å². The second-order valence-electron chi connectivity index (χ2n) is 5.77. The Balaban J connectivity index is 2.26. The quantitative estimate of drug-likeness (QED) is 0.894. The lowest BCUT2D eigenvalue weighted by Crippen LogP contribution is -2.57. The summed E-state index contributed by atoms with van der Waals surface area (Å²) in [6.45, 7) is 1.01. The predicted molar refractivity (Wildman–Crippen MR) is 82.6 cm³/mol. The van der Waals surface area contributed by atoms with Crippen LogP contribution in [0.3, 0.4) is 0 Å². The maximum Gasteiger partial charge on any atom is 0.244 e. The molecule has 0 spiro atoms. The number of hydrogen-bond acceptors (Lipinski definition) is 4. The Kier molecular flexibility index (Phi) is 4.87. The Morgan fingerprint density at radius 1 is 1.32 bits per heavy atom. The fourth-order valence-corrected chi connectivity index (χ4v) is 4.29. The van der Waals surface area contributed by atoms with Crippen molar-refractivity contribution in [2.75, 3.05) is 26.4 Å². The van der Waals surface area contributed by atoms with Gasteiger partial charge in [0.15, 0.2) is 14.6 Å². The Labute approximate surface area is 130 Å². The summed E-state index contributed by atoms with van der Waals surface area (Å²) in [7, 11) is -2.04. The maximum absolute atomic E-state index is 13.7. The number of rotatable bonds is 4. The fourth-order valence-electron chi connectivity index (χ4n) is 2.88. The van der Waals surface area contributed by atoms with E-state index in [1.165, 1.54) is 18.0 Å². The van der Waals surface area contributed by atoms with E-state index in [-0.39, 0.29) is 19.4 Å². The molecule has 5 nitrogen and oxygen atoms in total. The Bertz CT molecular complexity index is 655. The second-order valence-corrected chi connectivity index (χ2v) is 8.09. The van der Waals surface area contributed by atoms with E-state index in [2.05, 4.69) is 5.32 Å². The van der Waals surface area contributed by atoms with E-state index in [0.717, 1.165) is 6.26 Å². The van der Waals surface area contributed by atoms with Crippen molar-refractivity contribution >= 4 is 15.7 Å². The third-order valence-electron chi connectivity index (χ3n) is 4.22. The van der Waals surface area contributed by atoms with E-state index < -0.39 is 26.3 Å². The molecule has 7 heteroatoms. The van der Waals surface area contributed by atoms with Crippen molar-refractivity contribution in [1.29, 1.82) is 0 Å². The summed E-state index contributed by atoms with van der Waals surface area (Å²) < 4.78 is 36.8. The van der Waals surface area contributed by atoms with Gasteiger partial charge in [-0.1, -0.05) is 18.2 Å². The molecule has 0 saturated carbocycles. The molecule has 0 bridgehead atoms. The number of benzene rings is 1. The van der Waals surface area contributed by atoms with Crippen LogP contribution in [0.5, 0.6) is 0 Å². The minimum Gasteiger partial charge on any atom is -0.340 e. The number of piperidine rings is 1. The van der Waals surface area contributed by atoms with E-state index in [4.69, 9.17) is 0 Å². The summed E-state index contributed by atoms with van der Waals surface area (Å²) in [5.41, 5.74) is 0.371. The number of halogens is 1. The van der Waals surface area contributed by atoms with Gasteiger partial charge in [-0.15, -0.1) is 0 Å². The van der Waals surface area contributed by atoms with E-state index >= 15 is 0 Å². The standard InChI is InChI=1S/C15H21FN2O3S/c1-18(11-12-5-3-4-6-13(12)16)14(19)15(22(2,20)21)7-9-17-10-8-15/h3-6,17H,7-11H2,1-2H3. The lowest BCUT2D eigenvalue weighted by molar-refractivity contribution is -0.134. The predicted octanol–water partition coefficient (Wildman–Crippen LogP) is 0.951. The zero-order chi connectivity index (χ0) is 16.4. The molecule has 0 unspecified atom stereocenters. The highest BCUT2D eigenvalue weighted by Crippen LogP contribution is 2.30. The van der Waals surface area contributed by atoms with Crippen molar-refractivity contribution in [2.45, 2.75) is 24.1 Å². The first-order chi connectivity index (χ1) is 10.3. The molecule has 1 saturated heterocycles. The number of carbonyl (C=O) groups is 1. The molecule has 1 aliphatic heterocycles. The van der Waals surface area contributed by atoms with Crippen LogP contribution in [-0.2, 0) is 21.2 Å². The van der Waals surface area contributed by atoms with Crippen molar-refractivity contribution in [3.8, 4) is 0 Å². The Hall–Kier alpha value is -1.47. The molecule has 2 rings (SSSR count). The van der Waals surface area contributed by atoms with Crippen LogP contribution in [0, 0.1) is 5.82 Å². The molecular weight excluding hydrogens is 307 g/mol. The van der Waals surface area contributed by atoms with Gasteiger partial charge in [-0.2, -0.15) is 0 Å². The lowest BCUT2D eigenvalue weighted by atomic mass is 9.95. The Morgan fingerprint density at radius 3 is 2.45 bits per heavy atom. The van der Waals surface area contributed by atoms with Crippen LogP contribution in [0.25, 0.3) is 0 Å². The van der Waals surface area contributed by atoms with E-state index in [1.54, 1.807) is 18.2 Å². The molecule has 22 heavy (non-hydrogen) atoms. The van der Waals surface area contributed by atoms with E-state index in [1.807, 2.05) is 0 Å². The molecule has 1 fully saturated rings. The van der Waals surface area contributed by atoms with Gasteiger partial charge in [-0.3, -0.25) is 4.79 Å². The van der Waals surface area contributed by atoms with Crippen molar-refractivity contribution < 1.29 is 17.6 Å². The van der Waals surface area contributed by atoms with Crippen molar-refractivity contribution in [3.63, 3.8) is 0 Å². The molecule has 1 aromatic carbocycles. The number of amides is 1. The summed E-state index contributed by atoms with van der Waals surface area (Å²) in [5.74, 6) is -0.861. The van der Waals surface area contributed by atoms with E-state index in [0.29, 0.717) is 18.7 Å². The minimum absolute atomic E-state index is 0.0518. The average molecular weight is 328 g/mol. The van der Waals surface area contributed by atoms with Gasteiger partial charge in [0.2, 0.25) is 5.91 Å². The number of sulfone groups is 1. The Morgan fingerprint density at radius 2 is 1.91 bits per heavy atom. The summed E-state index contributed by atoms with van der Waals surface area (Å²) in [6.07, 6.45) is 1.59. The third kappa shape index (κ3) is 3.15. The summed E-state index contributed by atoms with van der Waals surface area (Å²) in [5, 5.41) is 3.07. The molecule has 0 aliphatic carbocycles. The van der Waals surface area contributed by atoms with Gasteiger partial charge in [0, 0.05) is 25.4 Å². The van der Waals surface area contributed by atoms with Crippen molar-refractivity contribution in [3.05, 3.63) is 35.6 Å². The van der Waals surface area contributed by atoms with Crippen LogP contribution in [0.4, 0.5) is 4.39 Å². The molecular formula is C15H21FN2O3S. The van der Waals surface area contributed by atoms with Gasteiger partial charge in [0.1, 0.15) is 5.82 Å². The molecule has 1 aromatic rings. The lowest BCUT2D eigenvalue weighted by Gasteiger charge is -2.37. The zero-order valence-corrected chi connectivity index (χ0v) is 13.6. The first-order valence-corrected chi connectivity index (χ1v) is 9.06. The van der Waals surface area contributed by atoms with Gasteiger partial charge in [0.05, 0.1) is 0 Å². The normalized spacial score (nSPS) is 18.0. The minimum atomic E-state index is -3.56. The molecule has 122 valence electrons. The van der Waals surface area contributed by atoms with Crippen LogP contribution in [0.1, 0.15) is 18.4 Å². The van der Waals surface area contributed by atoms with E-state index in [9.17, 15) is 17.6 Å². The molecule has 1 amide bonds. The SMILES string of the molecule is CN(Cc1ccccc1F)C(=O)C1(S(C)(=O)=O)CCNCC1. The average Bonchev–Trinajstić information content (AvgIpc) is 2.48. The van der Waals surface area contributed by atoms with Crippen LogP contribution >= 0.6 is 0 Å². The number of nitrogens with zero attached hydrogens (tertiary/aromatic N) is 1. The molecule has 1 heterocycles. The molecule has 0 aromatic heterocycles. The fraction of sp³-hybridized carbons (Fsp3) is 0.533. The second kappa shape index (κ2) is 6.34. The number of hydrogen-bond donors (Lipinski definition) is 1. The summed E-state index contributed by atoms with van der Waals surface area (Å²) >= 11 is 0. The molecule has 0 atom stereocenters. The number of carbonyl (C=O) groups excluding carboxylic acids is 1. The molecule has 1 aliphatic rings. The smallest absolute Gasteiger partial charge is 0.244 e. The topological polar surface area (TPSA) is 66.5 Å². The number of nitrogens with one attached hydrogen (secondary N) is 1. The first-order valence-electron chi connectivity index (χ1n) is 7.17. The van der Waals surface area contributed by atoms with Crippen molar-refractivity contribution in [1.82, 2.24) is 10.2 Å². The largest absolute Gasteiger partial charge is 0.340 e. The van der Waals surface area contributed by atoms with Crippen LogP contribution in [0.2, 0.25) is 0 Å². The van der Waals surface area contributed by atoms with Crippen LogP contribution < -0.4 is 5.32 Å². The van der Waals surface area contributed by atoms with Gasteiger partial charge < -0.3 is 10.2 Å². The third-order valence-corrected chi connectivity index (χ3v) is 6.23. The summed E-state index contributed by atoms with van der Waals surface area (Å²) in [4.78, 5) is 14.1.